The molecule has 0 heterocycles. The van der Waals surface area contributed by atoms with Gasteiger partial charge in [-0.2, -0.15) is 0 Å². The zero-order valence-electron chi connectivity index (χ0n) is 12.7. The maximum absolute atomic E-state index is 11.1. The van der Waals surface area contributed by atoms with Gasteiger partial charge in [0.05, 0.1) is 4.92 Å². The molecule has 6 heteroatoms. The molecule has 0 saturated carbocycles. The lowest BCUT2D eigenvalue weighted by Gasteiger charge is -2.34. The Bertz CT molecular complexity index is 497. The van der Waals surface area contributed by atoms with Gasteiger partial charge in [-0.3, -0.25) is 10.1 Å². The van der Waals surface area contributed by atoms with Gasteiger partial charge in [0.1, 0.15) is 6.10 Å². The van der Waals surface area contributed by atoms with Crippen molar-refractivity contribution in [3.63, 3.8) is 0 Å². The second-order valence-electron chi connectivity index (χ2n) is 5.59. The number of amides is 1. The maximum atomic E-state index is 11.1. The van der Waals surface area contributed by atoms with Crippen molar-refractivity contribution < 1.29 is 14.5 Å². The molecule has 0 bridgehead atoms. The number of hydrogen-bond acceptors (Lipinski definition) is 4. The minimum Gasteiger partial charge on any atom is -0.445 e. The minimum absolute atomic E-state index is 0.0375. The fraction of sp³-hybridized carbons (Fsp3) is 0.533. The van der Waals surface area contributed by atoms with Crippen molar-refractivity contribution in [1.29, 1.82) is 0 Å². The predicted molar refractivity (Wildman–Crippen MR) is 80.1 cm³/mol. The van der Waals surface area contributed by atoms with Crippen molar-refractivity contribution in [2.45, 2.75) is 51.6 Å². The number of unbranched alkanes of at least 4 members (excludes halogenated alkanes) is 1. The lowest BCUT2D eigenvalue weighted by molar-refractivity contribution is -0.384. The van der Waals surface area contributed by atoms with Crippen LogP contribution in [0.25, 0.3) is 0 Å². The number of rotatable bonds is 7. The van der Waals surface area contributed by atoms with Crippen LogP contribution in [0.1, 0.15) is 45.6 Å². The lowest BCUT2D eigenvalue weighted by Crippen LogP contribution is -2.39. The number of nitro groups is 1. The number of ether oxygens (including phenoxy) is 1. The molecule has 1 atom stereocenters. The summed E-state index contributed by atoms with van der Waals surface area (Å²) in [6.07, 6.45) is 1.43. The van der Waals surface area contributed by atoms with Gasteiger partial charge in [0.2, 0.25) is 0 Å². The van der Waals surface area contributed by atoms with E-state index in [0.717, 1.165) is 18.4 Å². The van der Waals surface area contributed by atoms with Gasteiger partial charge in [-0.15, -0.1) is 0 Å². The molecular weight excluding hydrogens is 272 g/mol. The standard InChI is InChI=1S/C15H22N2O4/c1-4-5-6-13(21-14(16)18)15(2,3)11-7-9-12(10-8-11)17(19)20/h7-10,13H,4-6H2,1-3H3,(H2,16,18). The highest BCUT2D eigenvalue weighted by Crippen LogP contribution is 2.33. The molecule has 116 valence electrons. The number of carbonyl (C=O) groups excluding carboxylic acids is 1. The van der Waals surface area contributed by atoms with E-state index in [1.54, 1.807) is 12.1 Å². The van der Waals surface area contributed by atoms with E-state index in [1.165, 1.54) is 12.1 Å². The Morgan fingerprint density at radius 1 is 1.38 bits per heavy atom. The third-order valence-electron chi connectivity index (χ3n) is 3.71. The van der Waals surface area contributed by atoms with Crippen LogP contribution in [-0.2, 0) is 10.2 Å². The summed E-state index contributed by atoms with van der Waals surface area (Å²) in [6, 6.07) is 6.30. The van der Waals surface area contributed by atoms with Crippen LogP contribution in [0.5, 0.6) is 0 Å². The molecule has 0 aromatic heterocycles. The van der Waals surface area contributed by atoms with E-state index in [-0.39, 0.29) is 11.8 Å². The molecule has 0 aliphatic rings. The molecule has 0 radical (unpaired) electrons. The number of carbonyl (C=O) groups is 1. The average Bonchev–Trinajstić information content (AvgIpc) is 2.43. The van der Waals surface area contributed by atoms with E-state index in [0.29, 0.717) is 6.42 Å². The first kappa shape index (κ1) is 16.9. The Kier molecular flexibility index (Phi) is 5.69. The molecule has 1 aromatic rings. The SMILES string of the molecule is CCCCC(OC(N)=O)C(C)(C)c1ccc([N+](=O)[O-])cc1. The molecule has 0 aliphatic heterocycles. The van der Waals surface area contributed by atoms with E-state index in [9.17, 15) is 14.9 Å². The van der Waals surface area contributed by atoms with Gasteiger partial charge in [-0.25, -0.2) is 4.79 Å². The molecule has 0 aliphatic carbocycles. The Labute approximate surface area is 124 Å². The summed E-state index contributed by atoms with van der Waals surface area (Å²) < 4.78 is 5.25. The van der Waals surface area contributed by atoms with Gasteiger partial charge >= 0.3 is 6.09 Å². The Morgan fingerprint density at radius 3 is 2.38 bits per heavy atom. The molecule has 0 spiro atoms. The van der Waals surface area contributed by atoms with Gasteiger partial charge in [0.25, 0.3) is 5.69 Å². The zero-order chi connectivity index (χ0) is 16.0. The smallest absolute Gasteiger partial charge is 0.404 e. The van der Waals surface area contributed by atoms with Crippen LogP contribution in [0.3, 0.4) is 0 Å². The van der Waals surface area contributed by atoms with Crippen LogP contribution in [0.2, 0.25) is 0 Å². The third-order valence-corrected chi connectivity index (χ3v) is 3.71. The fourth-order valence-electron chi connectivity index (χ4n) is 2.30. The highest BCUT2D eigenvalue weighted by atomic mass is 16.6. The van der Waals surface area contributed by atoms with Gasteiger partial charge in [0.15, 0.2) is 0 Å². The van der Waals surface area contributed by atoms with Crippen molar-refractivity contribution in [3.8, 4) is 0 Å². The Hall–Kier alpha value is -2.11. The summed E-state index contributed by atoms with van der Waals surface area (Å²) >= 11 is 0. The second-order valence-corrected chi connectivity index (χ2v) is 5.59. The lowest BCUT2D eigenvalue weighted by atomic mass is 9.77. The number of nitro benzene ring substituents is 1. The number of non-ortho nitro benzene ring substituents is 1. The summed E-state index contributed by atoms with van der Waals surface area (Å²) in [6.45, 7) is 5.94. The quantitative estimate of drug-likeness (QED) is 0.614. The topological polar surface area (TPSA) is 95.5 Å². The summed E-state index contributed by atoms with van der Waals surface area (Å²) in [7, 11) is 0. The predicted octanol–water partition coefficient (Wildman–Crippen LogP) is 3.53. The van der Waals surface area contributed by atoms with E-state index >= 15 is 0 Å². The van der Waals surface area contributed by atoms with Crippen molar-refractivity contribution in [1.82, 2.24) is 0 Å². The van der Waals surface area contributed by atoms with Crippen molar-refractivity contribution in [3.05, 3.63) is 39.9 Å². The van der Waals surface area contributed by atoms with Crippen LogP contribution in [0, 0.1) is 10.1 Å². The molecule has 2 N–H and O–H groups in total. The fourth-order valence-corrected chi connectivity index (χ4v) is 2.30. The van der Waals surface area contributed by atoms with Crippen molar-refractivity contribution >= 4 is 11.8 Å². The van der Waals surface area contributed by atoms with Gasteiger partial charge in [-0.1, -0.05) is 45.7 Å². The largest absolute Gasteiger partial charge is 0.445 e. The first-order valence-electron chi connectivity index (χ1n) is 7.00. The third kappa shape index (κ3) is 4.44. The van der Waals surface area contributed by atoms with Crippen LogP contribution >= 0.6 is 0 Å². The van der Waals surface area contributed by atoms with E-state index in [4.69, 9.17) is 10.5 Å². The Balaban J connectivity index is 3.02. The van der Waals surface area contributed by atoms with Gasteiger partial charge in [-0.05, 0) is 12.0 Å². The molecule has 0 saturated heterocycles. The second kappa shape index (κ2) is 7.06. The highest BCUT2D eigenvalue weighted by Gasteiger charge is 2.33. The molecule has 6 nitrogen and oxygen atoms in total. The van der Waals surface area contributed by atoms with Crippen LogP contribution in [0.15, 0.2) is 24.3 Å². The van der Waals surface area contributed by atoms with Crippen LogP contribution in [-0.4, -0.2) is 17.1 Å². The molecule has 1 unspecified atom stereocenters. The van der Waals surface area contributed by atoms with Crippen LogP contribution < -0.4 is 5.73 Å². The summed E-state index contributed by atoms with van der Waals surface area (Å²) in [5.41, 5.74) is 5.59. The van der Waals surface area contributed by atoms with E-state index in [1.807, 2.05) is 13.8 Å². The first-order chi connectivity index (χ1) is 9.78. The van der Waals surface area contributed by atoms with Crippen molar-refractivity contribution in [2.24, 2.45) is 5.73 Å². The molecule has 0 fully saturated rings. The minimum atomic E-state index is -0.800. The monoisotopic (exact) mass is 294 g/mol. The van der Waals surface area contributed by atoms with Crippen LogP contribution in [0.4, 0.5) is 10.5 Å². The summed E-state index contributed by atoms with van der Waals surface area (Å²) in [5, 5.41) is 10.7. The van der Waals surface area contributed by atoms with E-state index in [2.05, 4.69) is 6.92 Å². The zero-order valence-corrected chi connectivity index (χ0v) is 12.7. The Morgan fingerprint density at radius 2 is 1.95 bits per heavy atom. The molecule has 21 heavy (non-hydrogen) atoms. The maximum Gasteiger partial charge on any atom is 0.404 e. The van der Waals surface area contributed by atoms with Crippen molar-refractivity contribution in [2.75, 3.05) is 0 Å². The first-order valence-corrected chi connectivity index (χ1v) is 7.00. The molecular formula is C15H22N2O4. The molecule has 1 aromatic carbocycles. The molecule has 1 amide bonds. The number of nitrogens with zero attached hydrogens (tertiary/aromatic N) is 1. The normalized spacial score (nSPS) is 12.7. The van der Waals surface area contributed by atoms with Gasteiger partial charge in [0, 0.05) is 17.5 Å². The number of benzene rings is 1. The number of primary amides is 1. The summed E-state index contributed by atoms with van der Waals surface area (Å²) in [4.78, 5) is 21.4. The number of nitrogens with two attached hydrogens (primary N) is 1. The van der Waals surface area contributed by atoms with E-state index < -0.39 is 16.4 Å². The van der Waals surface area contributed by atoms with Gasteiger partial charge < -0.3 is 10.5 Å². The highest BCUT2D eigenvalue weighted by molar-refractivity contribution is 5.65. The number of hydrogen-bond donors (Lipinski definition) is 1. The average molecular weight is 294 g/mol. The summed E-state index contributed by atoms with van der Waals surface area (Å²) in [5.74, 6) is 0. The molecule has 1 rings (SSSR count).